The third-order valence-corrected chi connectivity index (χ3v) is 5.21. The standard InChI is InChI=1S/C22H26N2O2/c1-14-12-15(2)22(17(4)25)16(3)18(14)13-23-19-8-5-6-9-20(19)24-11-7-10-21(24)26/h5-6,8-9,12,23H,7,10-11,13H2,1-4H3. The Hall–Kier alpha value is -2.62. The summed E-state index contributed by atoms with van der Waals surface area (Å²) in [5, 5.41) is 3.49. The Labute approximate surface area is 155 Å². The number of para-hydroxylation sites is 2. The summed E-state index contributed by atoms with van der Waals surface area (Å²) in [7, 11) is 0. The quantitative estimate of drug-likeness (QED) is 0.805. The highest BCUT2D eigenvalue weighted by Gasteiger charge is 2.23. The summed E-state index contributed by atoms with van der Waals surface area (Å²) < 4.78 is 0. The monoisotopic (exact) mass is 350 g/mol. The Balaban J connectivity index is 1.90. The zero-order chi connectivity index (χ0) is 18.8. The van der Waals surface area contributed by atoms with Gasteiger partial charge in [0.15, 0.2) is 5.78 Å². The molecule has 136 valence electrons. The molecule has 0 unspecified atom stereocenters. The maximum absolute atomic E-state index is 12.1. The van der Waals surface area contributed by atoms with E-state index >= 15 is 0 Å². The third-order valence-electron chi connectivity index (χ3n) is 5.21. The van der Waals surface area contributed by atoms with Crippen molar-refractivity contribution in [3.05, 3.63) is 58.1 Å². The highest BCUT2D eigenvalue weighted by molar-refractivity contribution is 5.99. The van der Waals surface area contributed by atoms with Gasteiger partial charge in [-0.1, -0.05) is 18.2 Å². The molecule has 1 N–H and O–H groups in total. The van der Waals surface area contributed by atoms with E-state index in [2.05, 4.69) is 18.3 Å². The number of anilines is 2. The van der Waals surface area contributed by atoms with Crippen molar-refractivity contribution in [2.24, 2.45) is 0 Å². The largest absolute Gasteiger partial charge is 0.379 e. The van der Waals surface area contributed by atoms with Crippen molar-refractivity contribution < 1.29 is 9.59 Å². The predicted molar refractivity (Wildman–Crippen MR) is 106 cm³/mol. The summed E-state index contributed by atoms with van der Waals surface area (Å²) in [6.45, 7) is 9.10. The maximum Gasteiger partial charge on any atom is 0.227 e. The third kappa shape index (κ3) is 3.36. The number of hydrogen-bond donors (Lipinski definition) is 1. The van der Waals surface area contributed by atoms with E-state index in [0.29, 0.717) is 13.0 Å². The van der Waals surface area contributed by atoms with Gasteiger partial charge in [-0.25, -0.2) is 0 Å². The zero-order valence-corrected chi connectivity index (χ0v) is 16.0. The van der Waals surface area contributed by atoms with Gasteiger partial charge in [-0.05, 0) is 68.5 Å². The van der Waals surface area contributed by atoms with E-state index in [0.717, 1.165) is 46.6 Å². The molecule has 0 radical (unpaired) electrons. The van der Waals surface area contributed by atoms with Crippen molar-refractivity contribution in [2.75, 3.05) is 16.8 Å². The molecule has 3 rings (SSSR count). The number of aryl methyl sites for hydroxylation is 2. The van der Waals surface area contributed by atoms with Crippen LogP contribution in [0.15, 0.2) is 30.3 Å². The number of nitrogens with zero attached hydrogens (tertiary/aromatic N) is 1. The number of benzene rings is 2. The Morgan fingerprint density at radius 3 is 2.54 bits per heavy atom. The minimum atomic E-state index is 0.101. The smallest absolute Gasteiger partial charge is 0.227 e. The number of nitrogens with one attached hydrogen (secondary N) is 1. The summed E-state index contributed by atoms with van der Waals surface area (Å²) in [5.41, 5.74) is 7.08. The van der Waals surface area contributed by atoms with E-state index in [1.54, 1.807) is 6.92 Å². The van der Waals surface area contributed by atoms with Gasteiger partial charge >= 0.3 is 0 Å². The second kappa shape index (κ2) is 7.32. The molecule has 1 saturated heterocycles. The van der Waals surface area contributed by atoms with Crippen molar-refractivity contribution in [1.82, 2.24) is 0 Å². The van der Waals surface area contributed by atoms with Gasteiger partial charge in [-0.15, -0.1) is 0 Å². The second-order valence-electron chi connectivity index (χ2n) is 7.06. The number of ketones is 1. The van der Waals surface area contributed by atoms with Crippen molar-refractivity contribution in [3.63, 3.8) is 0 Å². The number of carbonyl (C=O) groups is 2. The molecule has 1 heterocycles. The molecule has 2 aromatic carbocycles. The van der Waals surface area contributed by atoms with Crippen molar-refractivity contribution in [3.8, 4) is 0 Å². The molecule has 4 nitrogen and oxygen atoms in total. The zero-order valence-electron chi connectivity index (χ0n) is 16.0. The molecular weight excluding hydrogens is 324 g/mol. The first-order valence-electron chi connectivity index (χ1n) is 9.14. The van der Waals surface area contributed by atoms with E-state index in [4.69, 9.17) is 0 Å². The topological polar surface area (TPSA) is 49.4 Å². The van der Waals surface area contributed by atoms with E-state index in [1.807, 2.05) is 43.0 Å². The first kappa shape index (κ1) is 18.2. The van der Waals surface area contributed by atoms with Crippen LogP contribution in [-0.4, -0.2) is 18.2 Å². The van der Waals surface area contributed by atoms with Gasteiger partial charge in [-0.2, -0.15) is 0 Å². The fourth-order valence-electron chi connectivity index (χ4n) is 3.99. The van der Waals surface area contributed by atoms with Crippen LogP contribution in [0.4, 0.5) is 11.4 Å². The lowest BCUT2D eigenvalue weighted by atomic mass is 9.91. The van der Waals surface area contributed by atoms with Crippen molar-refractivity contribution >= 4 is 23.1 Å². The van der Waals surface area contributed by atoms with Crippen LogP contribution in [0.25, 0.3) is 0 Å². The van der Waals surface area contributed by atoms with Gasteiger partial charge in [0.05, 0.1) is 11.4 Å². The summed E-state index contributed by atoms with van der Waals surface area (Å²) in [6.07, 6.45) is 1.53. The molecule has 0 atom stereocenters. The highest BCUT2D eigenvalue weighted by Crippen LogP contribution is 2.31. The molecule has 1 aliphatic rings. The number of carbonyl (C=O) groups excluding carboxylic acids is 2. The van der Waals surface area contributed by atoms with Gasteiger partial charge in [0.1, 0.15) is 0 Å². The highest BCUT2D eigenvalue weighted by atomic mass is 16.2. The molecule has 0 aliphatic carbocycles. The first-order chi connectivity index (χ1) is 12.4. The lowest BCUT2D eigenvalue weighted by molar-refractivity contribution is -0.117. The number of rotatable bonds is 5. The van der Waals surface area contributed by atoms with Crippen LogP contribution in [0, 0.1) is 20.8 Å². The average molecular weight is 350 g/mol. The molecule has 0 bridgehead atoms. The van der Waals surface area contributed by atoms with Crippen LogP contribution in [0.5, 0.6) is 0 Å². The van der Waals surface area contributed by atoms with Gasteiger partial charge in [0.2, 0.25) is 5.91 Å². The Bertz CT molecular complexity index is 871. The van der Waals surface area contributed by atoms with Crippen molar-refractivity contribution in [2.45, 2.75) is 47.1 Å². The fourth-order valence-corrected chi connectivity index (χ4v) is 3.99. The van der Waals surface area contributed by atoms with Gasteiger partial charge in [-0.3, -0.25) is 9.59 Å². The SMILES string of the molecule is CC(=O)c1c(C)cc(C)c(CNc2ccccc2N2CCCC2=O)c1C. The lowest BCUT2D eigenvalue weighted by Crippen LogP contribution is -2.24. The van der Waals surface area contributed by atoms with Gasteiger partial charge in [0.25, 0.3) is 0 Å². The second-order valence-corrected chi connectivity index (χ2v) is 7.06. The van der Waals surface area contributed by atoms with Crippen LogP contribution in [0.3, 0.4) is 0 Å². The van der Waals surface area contributed by atoms with Gasteiger partial charge < -0.3 is 10.2 Å². The minimum Gasteiger partial charge on any atom is -0.379 e. The molecule has 0 saturated carbocycles. The normalized spacial score (nSPS) is 14.0. The molecule has 1 fully saturated rings. The molecule has 4 heteroatoms. The summed E-state index contributed by atoms with van der Waals surface area (Å²) in [5.74, 6) is 0.283. The van der Waals surface area contributed by atoms with E-state index in [-0.39, 0.29) is 11.7 Å². The molecule has 0 spiro atoms. The van der Waals surface area contributed by atoms with E-state index < -0.39 is 0 Å². The van der Waals surface area contributed by atoms with Crippen LogP contribution in [0.2, 0.25) is 0 Å². The number of Topliss-reactive ketones (excluding diaryl/α,β-unsaturated/α-hetero) is 1. The number of hydrogen-bond acceptors (Lipinski definition) is 3. The number of amides is 1. The van der Waals surface area contributed by atoms with E-state index in [9.17, 15) is 9.59 Å². The Morgan fingerprint density at radius 2 is 1.88 bits per heavy atom. The molecule has 26 heavy (non-hydrogen) atoms. The van der Waals surface area contributed by atoms with Crippen LogP contribution in [0.1, 0.15) is 52.4 Å². The minimum absolute atomic E-state index is 0.101. The molecular formula is C22H26N2O2. The Morgan fingerprint density at radius 1 is 1.15 bits per heavy atom. The molecule has 1 aliphatic heterocycles. The van der Waals surface area contributed by atoms with Crippen LogP contribution in [-0.2, 0) is 11.3 Å². The predicted octanol–water partition coefficient (Wildman–Crippen LogP) is 4.55. The van der Waals surface area contributed by atoms with Crippen molar-refractivity contribution in [1.29, 1.82) is 0 Å². The first-order valence-corrected chi connectivity index (χ1v) is 9.14. The molecule has 0 aromatic heterocycles. The Kier molecular flexibility index (Phi) is 5.12. The van der Waals surface area contributed by atoms with Gasteiger partial charge in [0, 0.05) is 25.1 Å². The average Bonchev–Trinajstić information content (AvgIpc) is 3.00. The molecule has 2 aromatic rings. The summed E-state index contributed by atoms with van der Waals surface area (Å²) in [6, 6.07) is 10.0. The maximum atomic E-state index is 12.1. The van der Waals surface area contributed by atoms with Crippen LogP contribution < -0.4 is 10.2 Å². The summed E-state index contributed by atoms with van der Waals surface area (Å²) >= 11 is 0. The van der Waals surface area contributed by atoms with Crippen LogP contribution >= 0.6 is 0 Å². The molecule has 1 amide bonds. The lowest BCUT2D eigenvalue weighted by Gasteiger charge is -2.22. The fraction of sp³-hybridized carbons (Fsp3) is 0.364. The summed E-state index contributed by atoms with van der Waals surface area (Å²) in [4.78, 5) is 26.0. The van der Waals surface area contributed by atoms with E-state index in [1.165, 1.54) is 5.56 Å².